The van der Waals surface area contributed by atoms with Gasteiger partial charge in [0.1, 0.15) is 29.8 Å². The van der Waals surface area contributed by atoms with Gasteiger partial charge in [0.15, 0.2) is 0 Å². The summed E-state index contributed by atoms with van der Waals surface area (Å²) in [6.07, 6.45) is 10.9. The van der Waals surface area contributed by atoms with Crippen molar-refractivity contribution in [1.29, 1.82) is 0 Å². The molecule has 2 bridgehead atoms. The lowest BCUT2D eigenvalue weighted by molar-refractivity contribution is -0.142. The Hall–Kier alpha value is -4.18. The summed E-state index contributed by atoms with van der Waals surface area (Å²) in [5.74, 6) is -2.28. The molecule has 2 aromatic rings. The lowest BCUT2D eigenvalue weighted by Gasteiger charge is -2.32. The molecule has 3 N–H and O–H groups in total. The first-order valence-electron chi connectivity index (χ1n) is 20.5. The fourth-order valence-corrected chi connectivity index (χ4v) is 11.0. The SMILES string of the molecule is CC[C@@H]1C[C@]1(NC(=O)[C@@H]1C[C@@H]2CN1C(=O)[C@H](C1CCCC1)NC(=O)O[C@@H]1CCC[C@H]1CC/C=C/Cn1c(nc3cc(Cl)ccc3c1=O)O2)C(=O)NS(=O)(=O)C1CC1. The van der Waals surface area contributed by atoms with Crippen LogP contribution in [-0.2, 0) is 35.7 Å². The van der Waals surface area contributed by atoms with Crippen molar-refractivity contribution in [3.63, 3.8) is 0 Å². The van der Waals surface area contributed by atoms with Crippen LogP contribution in [0.4, 0.5) is 4.79 Å². The predicted octanol–water partition coefficient (Wildman–Crippen LogP) is 4.10. The van der Waals surface area contributed by atoms with Gasteiger partial charge in [-0.3, -0.25) is 28.5 Å². The number of ether oxygens (including phenoxy) is 2. The zero-order chi connectivity index (χ0) is 40.1. The third kappa shape index (κ3) is 8.12. The summed E-state index contributed by atoms with van der Waals surface area (Å²) in [4.78, 5) is 76.6. The number of hydrogen-bond donors (Lipinski definition) is 3. The molecule has 1 aromatic heterocycles. The van der Waals surface area contributed by atoms with Crippen LogP contribution in [0.5, 0.6) is 6.01 Å². The van der Waals surface area contributed by atoms with Crippen LogP contribution in [0.3, 0.4) is 0 Å². The number of hydrogen-bond acceptors (Lipinski definition) is 10. The van der Waals surface area contributed by atoms with Gasteiger partial charge in [-0.25, -0.2) is 13.2 Å². The average Bonchev–Trinajstić information content (AvgIpc) is 3.96. The van der Waals surface area contributed by atoms with E-state index in [-0.39, 0.29) is 61.4 Å². The number of carbonyl (C=O) groups excluding carboxylic acids is 4. The quantitative estimate of drug-likeness (QED) is 0.342. The van der Waals surface area contributed by atoms with Crippen LogP contribution in [0.15, 0.2) is 35.1 Å². The van der Waals surface area contributed by atoms with Gasteiger partial charge in [0.2, 0.25) is 21.8 Å². The highest BCUT2D eigenvalue weighted by atomic mass is 35.5. The number of benzene rings is 1. The zero-order valence-electron chi connectivity index (χ0n) is 32.1. The Labute approximate surface area is 336 Å². The largest absolute Gasteiger partial charge is 0.459 e. The predicted molar refractivity (Wildman–Crippen MR) is 210 cm³/mol. The van der Waals surface area contributed by atoms with Crippen molar-refractivity contribution in [1.82, 2.24) is 29.8 Å². The summed E-state index contributed by atoms with van der Waals surface area (Å²) in [7, 11) is -3.89. The maximum absolute atomic E-state index is 14.9. The van der Waals surface area contributed by atoms with Crippen LogP contribution >= 0.6 is 11.6 Å². The van der Waals surface area contributed by atoms with Gasteiger partial charge in [-0.1, -0.05) is 49.9 Å². The van der Waals surface area contributed by atoms with Gasteiger partial charge in [0.25, 0.3) is 17.5 Å². The van der Waals surface area contributed by atoms with Crippen molar-refractivity contribution in [3.05, 3.63) is 45.7 Å². The molecule has 15 nitrogen and oxygen atoms in total. The molecule has 3 heterocycles. The number of sulfonamides is 1. The van der Waals surface area contributed by atoms with E-state index in [2.05, 4.69) is 15.4 Å². The first-order chi connectivity index (χ1) is 27.4. The van der Waals surface area contributed by atoms with E-state index in [4.69, 9.17) is 26.1 Å². The molecule has 2 aliphatic heterocycles. The van der Waals surface area contributed by atoms with Crippen molar-refractivity contribution < 1.29 is 37.1 Å². The molecule has 57 heavy (non-hydrogen) atoms. The summed E-state index contributed by atoms with van der Waals surface area (Å²) < 4.78 is 41.8. The van der Waals surface area contributed by atoms with E-state index in [1.807, 2.05) is 19.1 Å². The number of nitrogens with zero attached hydrogens (tertiary/aromatic N) is 3. The van der Waals surface area contributed by atoms with Crippen LogP contribution in [-0.4, -0.2) is 88.3 Å². The molecule has 4 saturated carbocycles. The van der Waals surface area contributed by atoms with Crippen molar-refractivity contribution in [2.24, 2.45) is 17.8 Å². The third-order valence-electron chi connectivity index (χ3n) is 13.0. The number of alkyl carbamates (subject to hydrolysis) is 1. The Morgan fingerprint density at radius 2 is 1.77 bits per heavy atom. The van der Waals surface area contributed by atoms with Crippen LogP contribution in [0, 0.1) is 17.8 Å². The molecule has 5 fully saturated rings. The number of rotatable bonds is 7. The highest BCUT2D eigenvalue weighted by Crippen LogP contribution is 2.47. The molecule has 0 unspecified atom stereocenters. The average molecular weight is 827 g/mol. The summed E-state index contributed by atoms with van der Waals surface area (Å²) in [6, 6.07) is 2.67. The molecule has 1 saturated heterocycles. The van der Waals surface area contributed by atoms with E-state index in [0.29, 0.717) is 54.5 Å². The third-order valence-corrected chi connectivity index (χ3v) is 15.0. The highest BCUT2D eigenvalue weighted by molar-refractivity contribution is 7.91. The Morgan fingerprint density at radius 3 is 2.51 bits per heavy atom. The molecular weight excluding hydrogens is 776 g/mol. The zero-order valence-corrected chi connectivity index (χ0v) is 33.7. The second kappa shape index (κ2) is 15.9. The first kappa shape index (κ1) is 39.6. The molecule has 308 valence electrons. The van der Waals surface area contributed by atoms with E-state index in [9.17, 15) is 32.4 Å². The molecule has 17 heteroatoms. The van der Waals surface area contributed by atoms with Crippen molar-refractivity contribution in [2.75, 3.05) is 6.54 Å². The van der Waals surface area contributed by atoms with E-state index >= 15 is 0 Å². The Bertz CT molecular complexity index is 2140. The molecule has 7 atom stereocenters. The molecule has 1 aromatic carbocycles. The molecule has 4 amide bonds. The monoisotopic (exact) mass is 826 g/mol. The topological polar surface area (TPSA) is 195 Å². The van der Waals surface area contributed by atoms with Crippen LogP contribution in [0.1, 0.15) is 96.8 Å². The summed E-state index contributed by atoms with van der Waals surface area (Å²) >= 11 is 6.30. The van der Waals surface area contributed by atoms with Gasteiger partial charge < -0.3 is 25.0 Å². The van der Waals surface area contributed by atoms with E-state index in [1.54, 1.807) is 18.2 Å². The number of allylic oxidation sites excluding steroid dienone is 2. The van der Waals surface area contributed by atoms with Gasteiger partial charge in [0.05, 0.1) is 22.7 Å². The van der Waals surface area contributed by atoms with Crippen LogP contribution in [0.25, 0.3) is 10.9 Å². The minimum atomic E-state index is -3.89. The van der Waals surface area contributed by atoms with Crippen LogP contribution < -0.4 is 25.7 Å². The number of carbonyl (C=O) groups is 4. The van der Waals surface area contributed by atoms with Gasteiger partial charge in [-0.2, -0.15) is 4.98 Å². The Balaban J connectivity index is 1.15. The fraction of sp³-hybridized carbons (Fsp3) is 0.650. The Morgan fingerprint density at radius 1 is 1.00 bits per heavy atom. The standard InChI is InChI=1S/C40H51ClN6O9S/c1-2-25-21-40(25,37(51)45-57(53,54)28-15-16-28)44-34(48)31-20-27-22-47(31)36(50)33(24-10-5-6-11-24)43-39(52)56-32-13-8-12-23(32)9-4-3-7-18-46-35(49)29-17-14-26(41)19-30(29)42-38(46)55-27/h3,7,14,17,19,23-25,27-28,31-33H,2,4-6,8-13,15-16,18,20-22H2,1H3,(H,43,52)(H,44,48)(H,45,51)/b7-3+/t23-,25-,27-,31+,32-,33+,40-/m1/s1. The number of fused-ring (bicyclic) bond motifs is 5. The minimum Gasteiger partial charge on any atom is -0.459 e. The summed E-state index contributed by atoms with van der Waals surface area (Å²) in [6.45, 7) is 1.92. The lowest BCUT2D eigenvalue weighted by Crippen LogP contribution is -2.59. The van der Waals surface area contributed by atoms with Crippen LogP contribution in [0.2, 0.25) is 5.02 Å². The maximum Gasteiger partial charge on any atom is 0.408 e. The molecule has 4 aliphatic carbocycles. The molecule has 0 spiro atoms. The molecule has 0 radical (unpaired) electrons. The molecular formula is C40H51ClN6O9S. The molecule has 6 aliphatic rings. The van der Waals surface area contributed by atoms with Crippen molar-refractivity contribution in [2.45, 2.75) is 138 Å². The van der Waals surface area contributed by atoms with Crippen molar-refractivity contribution >= 4 is 56.3 Å². The second-order valence-corrected chi connectivity index (χ2v) is 19.1. The maximum atomic E-state index is 14.9. The lowest BCUT2D eigenvalue weighted by atomic mass is 9.96. The van der Waals surface area contributed by atoms with Gasteiger partial charge in [-0.05, 0) is 100 Å². The van der Waals surface area contributed by atoms with E-state index < -0.39 is 62.8 Å². The Kier molecular flexibility index (Phi) is 11.0. The van der Waals surface area contributed by atoms with Crippen molar-refractivity contribution in [3.8, 4) is 6.01 Å². The van der Waals surface area contributed by atoms with Gasteiger partial charge in [-0.15, -0.1) is 0 Å². The first-order valence-corrected chi connectivity index (χ1v) is 22.5. The molecule has 8 rings (SSSR count). The number of amides is 4. The minimum absolute atomic E-state index is 0.00161. The second-order valence-electron chi connectivity index (χ2n) is 16.7. The van der Waals surface area contributed by atoms with E-state index in [0.717, 1.165) is 38.5 Å². The summed E-state index contributed by atoms with van der Waals surface area (Å²) in [5.41, 5.74) is -1.48. The van der Waals surface area contributed by atoms with E-state index in [1.165, 1.54) is 9.47 Å². The fourth-order valence-electron chi connectivity index (χ4n) is 9.49. The van der Waals surface area contributed by atoms with Gasteiger partial charge >= 0.3 is 6.09 Å². The number of halogens is 1. The number of aromatic nitrogens is 2. The highest BCUT2D eigenvalue weighted by Gasteiger charge is 2.62. The smallest absolute Gasteiger partial charge is 0.408 e. The normalized spacial score (nSPS) is 31.6. The van der Waals surface area contributed by atoms with Gasteiger partial charge in [0, 0.05) is 18.0 Å². The summed E-state index contributed by atoms with van der Waals surface area (Å²) in [5, 5.41) is 5.90. The number of nitrogens with one attached hydrogen (secondary N) is 3.